The number of amides is 1. The van der Waals surface area contributed by atoms with Crippen molar-refractivity contribution in [2.24, 2.45) is 5.73 Å². The van der Waals surface area contributed by atoms with Gasteiger partial charge < -0.3 is 10.6 Å². The third kappa shape index (κ3) is 2.11. The van der Waals surface area contributed by atoms with E-state index in [2.05, 4.69) is 9.88 Å². The zero-order valence-electron chi connectivity index (χ0n) is 11.7. The van der Waals surface area contributed by atoms with Crippen LogP contribution < -0.4 is 10.6 Å². The summed E-state index contributed by atoms with van der Waals surface area (Å²) in [6.45, 7) is 3.91. The number of aryl methyl sites for hydroxylation is 1. The van der Waals surface area contributed by atoms with E-state index in [4.69, 9.17) is 5.73 Å². The zero-order chi connectivity index (χ0) is 14.1. The third-order valence-electron chi connectivity index (χ3n) is 3.96. The molecule has 0 spiro atoms. The van der Waals surface area contributed by atoms with Crippen LogP contribution in [0.25, 0.3) is 10.9 Å². The van der Waals surface area contributed by atoms with E-state index < -0.39 is 0 Å². The Bertz CT molecular complexity index is 660. The molecule has 2 N–H and O–H groups in total. The Morgan fingerprint density at radius 2 is 1.90 bits per heavy atom. The van der Waals surface area contributed by atoms with Crippen molar-refractivity contribution in [1.82, 2.24) is 4.98 Å². The molecule has 3 rings (SSSR count). The molecule has 0 radical (unpaired) electrons. The van der Waals surface area contributed by atoms with Crippen LogP contribution >= 0.6 is 0 Å². The lowest BCUT2D eigenvalue weighted by Gasteiger charge is -2.31. The quantitative estimate of drug-likeness (QED) is 0.911. The van der Waals surface area contributed by atoms with E-state index in [1.165, 1.54) is 6.42 Å². The van der Waals surface area contributed by atoms with Crippen molar-refractivity contribution in [1.29, 1.82) is 0 Å². The third-order valence-corrected chi connectivity index (χ3v) is 3.96. The molecule has 0 saturated carbocycles. The molecule has 4 heteroatoms. The van der Waals surface area contributed by atoms with Gasteiger partial charge in [-0.2, -0.15) is 0 Å². The van der Waals surface area contributed by atoms with Gasteiger partial charge in [0.05, 0.1) is 22.5 Å². The summed E-state index contributed by atoms with van der Waals surface area (Å²) in [5.41, 5.74) is 8.93. The molecule has 0 aliphatic carbocycles. The van der Waals surface area contributed by atoms with E-state index >= 15 is 0 Å². The van der Waals surface area contributed by atoms with Crippen LogP contribution in [0, 0.1) is 6.92 Å². The van der Waals surface area contributed by atoms with Crippen molar-refractivity contribution in [3.8, 4) is 0 Å². The van der Waals surface area contributed by atoms with Crippen LogP contribution in [-0.4, -0.2) is 24.0 Å². The molecule has 1 amide bonds. The standard InChI is InChI=1S/C16H19N3O/c1-11-15(19-9-5-2-6-10-19)14(16(17)20)12-7-3-4-8-13(12)18-11/h3-4,7-8H,2,5-6,9-10H2,1H3,(H2,17,20). The molecule has 1 saturated heterocycles. The molecule has 2 aromatic rings. The van der Waals surface area contributed by atoms with Crippen LogP contribution in [0.5, 0.6) is 0 Å². The SMILES string of the molecule is Cc1nc2ccccc2c(C(N)=O)c1N1CCCCC1. The first kappa shape index (κ1) is 12.9. The molecule has 2 heterocycles. The Kier molecular flexibility index (Phi) is 3.30. The minimum absolute atomic E-state index is 0.368. The van der Waals surface area contributed by atoms with Crippen LogP contribution in [-0.2, 0) is 0 Å². The van der Waals surface area contributed by atoms with E-state index in [0.29, 0.717) is 5.56 Å². The lowest BCUT2D eigenvalue weighted by molar-refractivity contribution is 0.100. The van der Waals surface area contributed by atoms with Crippen molar-refractivity contribution in [3.63, 3.8) is 0 Å². The number of nitrogens with two attached hydrogens (primary N) is 1. The number of anilines is 1. The van der Waals surface area contributed by atoms with Crippen molar-refractivity contribution in [2.75, 3.05) is 18.0 Å². The lowest BCUT2D eigenvalue weighted by atomic mass is 10.0. The molecular formula is C16H19N3O. The molecule has 20 heavy (non-hydrogen) atoms. The highest BCUT2D eigenvalue weighted by atomic mass is 16.1. The van der Waals surface area contributed by atoms with Gasteiger partial charge in [-0.1, -0.05) is 18.2 Å². The topological polar surface area (TPSA) is 59.2 Å². The number of benzene rings is 1. The number of piperidine rings is 1. The number of rotatable bonds is 2. The monoisotopic (exact) mass is 269 g/mol. The summed E-state index contributed by atoms with van der Waals surface area (Å²) in [7, 11) is 0. The average molecular weight is 269 g/mol. The highest BCUT2D eigenvalue weighted by Gasteiger charge is 2.22. The van der Waals surface area contributed by atoms with Crippen LogP contribution in [0.4, 0.5) is 5.69 Å². The maximum absolute atomic E-state index is 12.0. The molecule has 1 aromatic heterocycles. The number of para-hydroxylation sites is 1. The summed E-state index contributed by atoms with van der Waals surface area (Å²) < 4.78 is 0. The Morgan fingerprint density at radius 3 is 2.60 bits per heavy atom. The molecule has 0 bridgehead atoms. The molecule has 1 aliphatic heterocycles. The smallest absolute Gasteiger partial charge is 0.251 e. The van der Waals surface area contributed by atoms with Gasteiger partial charge in [-0.05, 0) is 32.3 Å². The molecule has 0 unspecified atom stereocenters. The second-order valence-electron chi connectivity index (χ2n) is 5.35. The Hall–Kier alpha value is -2.10. The second kappa shape index (κ2) is 5.12. The fourth-order valence-corrected chi connectivity index (χ4v) is 3.08. The predicted molar refractivity (Wildman–Crippen MR) is 81.1 cm³/mol. The van der Waals surface area contributed by atoms with Crippen LogP contribution in [0.2, 0.25) is 0 Å². The Balaban J connectivity index is 2.26. The van der Waals surface area contributed by atoms with Gasteiger partial charge in [0.1, 0.15) is 0 Å². The van der Waals surface area contributed by atoms with Crippen molar-refractivity contribution in [3.05, 3.63) is 35.5 Å². The summed E-state index contributed by atoms with van der Waals surface area (Å²) in [5.74, 6) is -0.368. The molecule has 1 aromatic carbocycles. The van der Waals surface area contributed by atoms with Gasteiger partial charge in [0.15, 0.2) is 0 Å². The maximum atomic E-state index is 12.0. The minimum atomic E-state index is -0.368. The summed E-state index contributed by atoms with van der Waals surface area (Å²) in [5, 5.41) is 0.853. The Morgan fingerprint density at radius 1 is 1.20 bits per heavy atom. The van der Waals surface area contributed by atoms with E-state index in [0.717, 1.165) is 48.2 Å². The number of nitrogens with zero attached hydrogens (tertiary/aromatic N) is 2. The van der Waals surface area contributed by atoms with Gasteiger partial charge in [-0.3, -0.25) is 9.78 Å². The fourth-order valence-electron chi connectivity index (χ4n) is 3.08. The van der Waals surface area contributed by atoms with Crippen LogP contribution in [0.1, 0.15) is 35.3 Å². The van der Waals surface area contributed by atoms with Crippen molar-refractivity contribution >= 4 is 22.5 Å². The normalized spacial score (nSPS) is 15.6. The molecule has 1 aliphatic rings. The predicted octanol–water partition coefficient (Wildman–Crippen LogP) is 2.63. The number of fused-ring (bicyclic) bond motifs is 1. The van der Waals surface area contributed by atoms with Crippen LogP contribution in [0.15, 0.2) is 24.3 Å². The van der Waals surface area contributed by atoms with E-state index in [1.54, 1.807) is 0 Å². The first-order chi connectivity index (χ1) is 9.68. The molecule has 0 atom stereocenters. The first-order valence-corrected chi connectivity index (χ1v) is 7.12. The number of carbonyl (C=O) groups is 1. The van der Waals surface area contributed by atoms with E-state index in [-0.39, 0.29) is 5.91 Å². The summed E-state index contributed by atoms with van der Waals surface area (Å²) in [6, 6.07) is 7.70. The maximum Gasteiger partial charge on any atom is 0.251 e. The largest absolute Gasteiger partial charge is 0.369 e. The first-order valence-electron chi connectivity index (χ1n) is 7.12. The highest BCUT2D eigenvalue weighted by Crippen LogP contribution is 2.32. The summed E-state index contributed by atoms with van der Waals surface area (Å²) in [6.07, 6.45) is 3.57. The zero-order valence-corrected chi connectivity index (χ0v) is 11.7. The van der Waals surface area contributed by atoms with Crippen LogP contribution in [0.3, 0.4) is 0 Å². The molecular weight excluding hydrogens is 250 g/mol. The average Bonchev–Trinajstić information content (AvgIpc) is 2.46. The van der Waals surface area contributed by atoms with Gasteiger partial charge >= 0.3 is 0 Å². The fraction of sp³-hybridized carbons (Fsp3) is 0.375. The van der Waals surface area contributed by atoms with Gasteiger partial charge in [-0.25, -0.2) is 0 Å². The number of hydrogen-bond donors (Lipinski definition) is 1. The van der Waals surface area contributed by atoms with Crippen molar-refractivity contribution < 1.29 is 4.79 Å². The minimum Gasteiger partial charge on any atom is -0.369 e. The summed E-state index contributed by atoms with van der Waals surface area (Å²) >= 11 is 0. The molecule has 1 fully saturated rings. The molecule has 104 valence electrons. The van der Waals surface area contributed by atoms with Crippen molar-refractivity contribution in [2.45, 2.75) is 26.2 Å². The highest BCUT2D eigenvalue weighted by molar-refractivity contribution is 6.10. The Labute approximate surface area is 118 Å². The second-order valence-corrected chi connectivity index (χ2v) is 5.35. The van der Waals surface area contributed by atoms with E-state index in [9.17, 15) is 4.79 Å². The van der Waals surface area contributed by atoms with Gasteiger partial charge in [0.2, 0.25) is 0 Å². The molecule has 4 nitrogen and oxygen atoms in total. The number of carbonyl (C=O) groups excluding carboxylic acids is 1. The van der Waals surface area contributed by atoms with Gasteiger partial charge in [0, 0.05) is 18.5 Å². The number of aromatic nitrogens is 1. The number of primary amides is 1. The lowest BCUT2D eigenvalue weighted by Crippen LogP contribution is -2.32. The van der Waals surface area contributed by atoms with Gasteiger partial charge in [0.25, 0.3) is 5.91 Å². The number of pyridine rings is 1. The van der Waals surface area contributed by atoms with E-state index in [1.807, 2.05) is 31.2 Å². The summed E-state index contributed by atoms with van der Waals surface area (Å²) in [4.78, 5) is 18.9. The number of hydrogen-bond acceptors (Lipinski definition) is 3. The van der Waals surface area contributed by atoms with Gasteiger partial charge in [-0.15, -0.1) is 0 Å².